The molecule has 0 saturated carbocycles. The van der Waals surface area contributed by atoms with Crippen LogP contribution in [-0.4, -0.2) is 94.4 Å². The van der Waals surface area contributed by atoms with Crippen LogP contribution in [-0.2, 0) is 23.8 Å². The normalized spacial score (nSPS) is 36.0. The molecule has 0 aromatic rings. The van der Waals surface area contributed by atoms with Crippen LogP contribution in [0.25, 0.3) is 0 Å². The Hall–Kier alpha value is -0.980. The number of carbonyl (C=O) groups excluding carboxylic acids is 2. The Labute approximate surface area is 119 Å². The maximum absolute atomic E-state index is 10.7. The van der Waals surface area contributed by atoms with Gasteiger partial charge in [0.05, 0.1) is 13.2 Å². The summed E-state index contributed by atoms with van der Waals surface area (Å²) >= 11 is 0. The Balaban J connectivity index is 2.56. The minimum atomic E-state index is -1.81. The molecule has 122 valence electrons. The van der Waals surface area contributed by atoms with Crippen LogP contribution < -0.4 is 0 Å². The molecule has 21 heavy (non-hydrogen) atoms. The van der Waals surface area contributed by atoms with Crippen molar-refractivity contribution in [2.24, 2.45) is 0 Å². The maximum Gasteiger partial charge on any atom is 0.212 e. The third-order valence-electron chi connectivity index (χ3n) is 2.86. The van der Waals surface area contributed by atoms with Crippen molar-refractivity contribution in [3.8, 4) is 0 Å². The molecule has 0 aromatic carbocycles. The molecule has 7 atom stereocenters. The molecule has 0 bridgehead atoms. The Morgan fingerprint density at radius 2 is 1.76 bits per heavy atom. The fourth-order valence-electron chi connectivity index (χ4n) is 1.72. The molecule has 0 aliphatic carbocycles. The van der Waals surface area contributed by atoms with E-state index >= 15 is 0 Å². The lowest BCUT2D eigenvalue weighted by Gasteiger charge is -2.39. The summed E-state index contributed by atoms with van der Waals surface area (Å²) in [5, 5.41) is 46.6. The molecule has 1 fully saturated rings. The van der Waals surface area contributed by atoms with Crippen LogP contribution in [0.1, 0.15) is 0 Å². The highest BCUT2D eigenvalue weighted by atomic mass is 16.7. The zero-order valence-electron chi connectivity index (χ0n) is 10.9. The molecule has 1 rings (SSSR count). The van der Waals surface area contributed by atoms with Crippen LogP contribution in [0.15, 0.2) is 0 Å². The van der Waals surface area contributed by atoms with Crippen molar-refractivity contribution in [1.29, 1.82) is 0 Å². The molecular weight excluding hydrogens is 292 g/mol. The van der Waals surface area contributed by atoms with E-state index in [1.165, 1.54) is 0 Å². The van der Waals surface area contributed by atoms with Gasteiger partial charge in [0.15, 0.2) is 18.9 Å². The average molecular weight is 310 g/mol. The average Bonchev–Trinajstić information content (AvgIpc) is 2.50. The quantitative estimate of drug-likeness (QED) is 0.220. The van der Waals surface area contributed by atoms with E-state index in [0.717, 1.165) is 0 Å². The first-order valence-corrected chi connectivity index (χ1v) is 6.10. The molecule has 0 aromatic heterocycles. The number of carbonyl (C=O) groups is 2. The van der Waals surface area contributed by atoms with Crippen molar-refractivity contribution in [3.63, 3.8) is 0 Å². The van der Waals surface area contributed by atoms with E-state index in [0.29, 0.717) is 0 Å². The molecule has 7 unspecified atom stereocenters. The largest absolute Gasteiger partial charge is 0.394 e. The van der Waals surface area contributed by atoms with Gasteiger partial charge < -0.3 is 44.5 Å². The fourth-order valence-corrected chi connectivity index (χ4v) is 1.72. The summed E-state index contributed by atoms with van der Waals surface area (Å²) in [5.41, 5.74) is 0. The molecule has 0 amide bonds. The lowest BCUT2D eigenvalue weighted by Crippen LogP contribution is -2.59. The Kier molecular flexibility index (Phi) is 7.28. The highest BCUT2D eigenvalue weighted by molar-refractivity contribution is 5.58. The fraction of sp³-hybridized carbons (Fsp3) is 0.818. The number of ether oxygens (including phenoxy) is 3. The van der Waals surface area contributed by atoms with Crippen LogP contribution >= 0.6 is 0 Å². The SMILES string of the molecule is O=CC(O)OC(C=O)COC1OC(CO)C(O)C(O)C1O. The van der Waals surface area contributed by atoms with Crippen molar-refractivity contribution in [1.82, 2.24) is 0 Å². The topological polar surface area (TPSA) is 163 Å². The van der Waals surface area contributed by atoms with Crippen molar-refractivity contribution in [2.75, 3.05) is 13.2 Å². The molecule has 1 saturated heterocycles. The van der Waals surface area contributed by atoms with Crippen molar-refractivity contribution in [2.45, 2.75) is 43.1 Å². The van der Waals surface area contributed by atoms with Gasteiger partial charge in [-0.1, -0.05) is 0 Å². The second-order valence-corrected chi connectivity index (χ2v) is 4.37. The van der Waals surface area contributed by atoms with E-state index in [2.05, 4.69) is 4.74 Å². The lowest BCUT2D eigenvalue weighted by molar-refractivity contribution is -0.305. The smallest absolute Gasteiger partial charge is 0.212 e. The van der Waals surface area contributed by atoms with E-state index in [-0.39, 0.29) is 12.6 Å². The number of aliphatic hydroxyl groups is 5. The summed E-state index contributed by atoms with van der Waals surface area (Å²) in [6.45, 7) is -1.11. The summed E-state index contributed by atoms with van der Waals surface area (Å²) in [4.78, 5) is 20.9. The van der Waals surface area contributed by atoms with Gasteiger partial charge in [-0.25, -0.2) is 0 Å². The van der Waals surface area contributed by atoms with E-state index in [9.17, 15) is 24.9 Å². The second-order valence-electron chi connectivity index (χ2n) is 4.37. The van der Waals surface area contributed by atoms with Crippen LogP contribution in [0.4, 0.5) is 0 Å². The first kappa shape index (κ1) is 18.1. The van der Waals surface area contributed by atoms with Gasteiger partial charge >= 0.3 is 0 Å². The van der Waals surface area contributed by atoms with Gasteiger partial charge in [-0.2, -0.15) is 0 Å². The summed E-state index contributed by atoms with van der Waals surface area (Å²) in [6.07, 6.45) is -10.1. The van der Waals surface area contributed by atoms with Gasteiger partial charge in [0.25, 0.3) is 0 Å². The minimum Gasteiger partial charge on any atom is -0.394 e. The van der Waals surface area contributed by atoms with Gasteiger partial charge in [0, 0.05) is 0 Å². The predicted molar refractivity (Wildman–Crippen MR) is 62.7 cm³/mol. The van der Waals surface area contributed by atoms with E-state index < -0.39 is 56.3 Å². The van der Waals surface area contributed by atoms with Crippen LogP contribution in [0.3, 0.4) is 0 Å². The van der Waals surface area contributed by atoms with Crippen LogP contribution in [0, 0.1) is 0 Å². The van der Waals surface area contributed by atoms with E-state index in [4.69, 9.17) is 19.7 Å². The van der Waals surface area contributed by atoms with Gasteiger partial charge in [0.2, 0.25) is 6.29 Å². The predicted octanol–water partition coefficient (Wildman–Crippen LogP) is -4.10. The summed E-state index contributed by atoms with van der Waals surface area (Å²) in [7, 11) is 0. The van der Waals surface area contributed by atoms with Gasteiger partial charge in [-0.3, -0.25) is 4.79 Å². The van der Waals surface area contributed by atoms with Crippen molar-refractivity contribution >= 4 is 12.6 Å². The second kappa shape index (κ2) is 8.46. The van der Waals surface area contributed by atoms with E-state index in [1.807, 2.05) is 0 Å². The molecule has 0 spiro atoms. The van der Waals surface area contributed by atoms with Crippen LogP contribution in [0.5, 0.6) is 0 Å². The third-order valence-corrected chi connectivity index (χ3v) is 2.86. The zero-order valence-corrected chi connectivity index (χ0v) is 10.9. The lowest BCUT2D eigenvalue weighted by atomic mass is 9.99. The van der Waals surface area contributed by atoms with Crippen molar-refractivity contribution < 1.29 is 49.3 Å². The Bertz CT molecular complexity index is 335. The number of rotatable bonds is 8. The highest BCUT2D eigenvalue weighted by Gasteiger charge is 2.44. The molecule has 1 aliphatic heterocycles. The molecular formula is C11H18O10. The maximum atomic E-state index is 10.7. The highest BCUT2D eigenvalue weighted by Crippen LogP contribution is 2.22. The number of hydrogen-bond donors (Lipinski definition) is 5. The summed E-state index contributed by atoms with van der Waals surface area (Å²) in [6, 6.07) is 0. The van der Waals surface area contributed by atoms with E-state index in [1.54, 1.807) is 0 Å². The Morgan fingerprint density at radius 3 is 2.29 bits per heavy atom. The van der Waals surface area contributed by atoms with Gasteiger partial charge in [-0.05, 0) is 0 Å². The standard InChI is InChI=1S/C11H18O10/c12-1-5(20-7(15)3-14)4-19-11-10(18)9(17)8(16)6(2-13)21-11/h1,3,5-11,13,15-18H,2,4H2. The summed E-state index contributed by atoms with van der Waals surface area (Å²) < 4.78 is 14.6. The van der Waals surface area contributed by atoms with Gasteiger partial charge in [0.1, 0.15) is 30.5 Å². The number of aliphatic hydroxyl groups excluding tert-OH is 5. The molecule has 0 radical (unpaired) electrons. The first-order chi connectivity index (χ1) is 9.94. The third kappa shape index (κ3) is 4.76. The summed E-state index contributed by atoms with van der Waals surface area (Å²) in [5.74, 6) is 0. The molecule has 5 N–H and O–H groups in total. The van der Waals surface area contributed by atoms with Crippen LogP contribution in [0.2, 0.25) is 0 Å². The van der Waals surface area contributed by atoms with Crippen molar-refractivity contribution in [3.05, 3.63) is 0 Å². The monoisotopic (exact) mass is 310 g/mol. The molecule has 1 heterocycles. The molecule has 10 heteroatoms. The minimum absolute atomic E-state index is 0.0599. The first-order valence-electron chi connectivity index (χ1n) is 6.10. The molecule has 1 aliphatic rings. The number of hydrogen-bond acceptors (Lipinski definition) is 10. The van der Waals surface area contributed by atoms with Gasteiger partial charge in [-0.15, -0.1) is 0 Å². The molecule has 10 nitrogen and oxygen atoms in total. The zero-order chi connectivity index (χ0) is 16.0. The Morgan fingerprint density at radius 1 is 1.10 bits per heavy atom. The number of aldehydes is 2.